The number of methoxy groups -OCH3 is 1. The van der Waals surface area contributed by atoms with Gasteiger partial charge in [-0.15, -0.1) is 0 Å². The quantitative estimate of drug-likeness (QED) is 0.364. The first kappa shape index (κ1) is 18.9. The maximum absolute atomic E-state index is 11.7. The number of nitrogens with zero attached hydrogens (tertiary/aromatic N) is 1. The summed E-state index contributed by atoms with van der Waals surface area (Å²) in [7, 11) is 1.25. The molecule has 7 nitrogen and oxygen atoms in total. The topological polar surface area (TPSA) is 90.7 Å². The number of ether oxygens (including phenoxy) is 2. The van der Waals surface area contributed by atoms with E-state index in [4.69, 9.17) is 4.74 Å². The number of nitro groups is 1. The van der Waals surface area contributed by atoms with Gasteiger partial charge in [0.1, 0.15) is 18.0 Å². The molecule has 142 valence electrons. The summed E-state index contributed by atoms with van der Waals surface area (Å²) in [5, 5.41) is 14.2. The van der Waals surface area contributed by atoms with Crippen LogP contribution in [-0.4, -0.2) is 18.0 Å². The van der Waals surface area contributed by atoms with E-state index < -0.39 is 10.9 Å². The highest BCUT2D eigenvalue weighted by molar-refractivity contribution is 5.92. The number of benzene rings is 3. The molecule has 0 saturated heterocycles. The number of rotatable bonds is 7. The van der Waals surface area contributed by atoms with Gasteiger partial charge in [0.25, 0.3) is 5.69 Å². The molecule has 3 rings (SSSR count). The van der Waals surface area contributed by atoms with E-state index in [0.717, 1.165) is 5.56 Å². The molecule has 0 spiro atoms. The molecule has 0 aliphatic rings. The molecule has 3 aromatic rings. The lowest BCUT2D eigenvalue weighted by molar-refractivity contribution is -0.383. The Kier molecular flexibility index (Phi) is 5.86. The smallest absolute Gasteiger partial charge is 0.337 e. The first-order valence-corrected chi connectivity index (χ1v) is 8.47. The molecule has 0 atom stereocenters. The maximum atomic E-state index is 11.7. The van der Waals surface area contributed by atoms with Crippen molar-refractivity contribution < 1.29 is 19.2 Å². The minimum Gasteiger partial charge on any atom is -0.489 e. The average Bonchev–Trinajstić information content (AvgIpc) is 2.73. The lowest BCUT2D eigenvalue weighted by Crippen LogP contribution is -2.04. The van der Waals surface area contributed by atoms with E-state index in [9.17, 15) is 14.9 Å². The second-order valence-electron chi connectivity index (χ2n) is 5.90. The van der Waals surface area contributed by atoms with E-state index in [0.29, 0.717) is 18.0 Å². The van der Waals surface area contributed by atoms with Gasteiger partial charge in [-0.1, -0.05) is 30.3 Å². The summed E-state index contributed by atoms with van der Waals surface area (Å²) in [5.74, 6) is 0.106. The van der Waals surface area contributed by atoms with Crippen LogP contribution in [0.5, 0.6) is 5.75 Å². The molecule has 28 heavy (non-hydrogen) atoms. The summed E-state index contributed by atoms with van der Waals surface area (Å²) >= 11 is 0. The van der Waals surface area contributed by atoms with Crippen molar-refractivity contribution >= 4 is 23.0 Å². The van der Waals surface area contributed by atoms with Crippen LogP contribution in [0.3, 0.4) is 0 Å². The summed E-state index contributed by atoms with van der Waals surface area (Å²) < 4.78 is 10.4. The van der Waals surface area contributed by atoms with Crippen molar-refractivity contribution in [2.75, 3.05) is 12.4 Å². The molecule has 0 fully saturated rings. The number of esters is 1. The lowest BCUT2D eigenvalue weighted by atomic mass is 10.1. The summed E-state index contributed by atoms with van der Waals surface area (Å²) in [4.78, 5) is 22.4. The van der Waals surface area contributed by atoms with Crippen molar-refractivity contribution in [2.45, 2.75) is 6.61 Å². The minimum atomic E-state index is -0.567. The highest BCUT2D eigenvalue weighted by atomic mass is 16.6. The fourth-order valence-corrected chi connectivity index (χ4v) is 2.57. The number of nitro benzene ring substituents is 1. The summed E-state index contributed by atoms with van der Waals surface area (Å²) in [6.07, 6.45) is 0. The normalized spacial score (nSPS) is 10.2. The highest BCUT2D eigenvalue weighted by Crippen LogP contribution is 2.29. The van der Waals surface area contributed by atoms with Gasteiger partial charge in [0.15, 0.2) is 0 Å². The van der Waals surface area contributed by atoms with Crippen LogP contribution in [0.1, 0.15) is 15.9 Å². The molecule has 0 aliphatic heterocycles. The van der Waals surface area contributed by atoms with Crippen molar-refractivity contribution in [3.8, 4) is 5.75 Å². The zero-order valence-corrected chi connectivity index (χ0v) is 15.1. The Morgan fingerprint density at radius 3 is 2.39 bits per heavy atom. The highest BCUT2D eigenvalue weighted by Gasteiger charge is 2.17. The number of hydrogen-bond acceptors (Lipinski definition) is 6. The third-order valence-electron chi connectivity index (χ3n) is 4.00. The number of hydrogen-bond donors (Lipinski definition) is 1. The van der Waals surface area contributed by atoms with Gasteiger partial charge >= 0.3 is 5.97 Å². The fraction of sp³-hybridized carbons (Fsp3) is 0.0952. The second kappa shape index (κ2) is 8.68. The van der Waals surface area contributed by atoms with Crippen LogP contribution in [0.25, 0.3) is 0 Å². The zero-order valence-electron chi connectivity index (χ0n) is 15.1. The lowest BCUT2D eigenvalue weighted by Gasteiger charge is -2.10. The Hall–Kier alpha value is -3.87. The molecule has 0 radical (unpaired) electrons. The first-order chi connectivity index (χ1) is 13.6. The number of carbonyl (C=O) groups excluding carboxylic acids is 1. The van der Waals surface area contributed by atoms with E-state index in [1.165, 1.54) is 25.3 Å². The second-order valence-corrected chi connectivity index (χ2v) is 5.90. The van der Waals surface area contributed by atoms with Gasteiger partial charge in [0.2, 0.25) is 0 Å². The maximum Gasteiger partial charge on any atom is 0.337 e. The van der Waals surface area contributed by atoms with Gasteiger partial charge < -0.3 is 14.8 Å². The predicted molar refractivity (Wildman–Crippen MR) is 105 cm³/mol. The number of anilines is 2. The molecule has 0 aliphatic carbocycles. The molecule has 0 saturated carbocycles. The summed E-state index contributed by atoms with van der Waals surface area (Å²) in [6.45, 7) is 0.445. The molecule has 0 amide bonds. The first-order valence-electron chi connectivity index (χ1n) is 8.47. The number of carbonyl (C=O) groups is 1. The molecular formula is C21H18N2O5. The van der Waals surface area contributed by atoms with Crippen LogP contribution in [0.2, 0.25) is 0 Å². The van der Waals surface area contributed by atoms with Crippen molar-refractivity contribution in [2.24, 2.45) is 0 Å². The third-order valence-corrected chi connectivity index (χ3v) is 4.00. The molecule has 0 unspecified atom stereocenters. The van der Waals surface area contributed by atoms with Crippen LogP contribution in [0.4, 0.5) is 17.1 Å². The summed E-state index contributed by atoms with van der Waals surface area (Å²) in [6, 6.07) is 20.8. The van der Waals surface area contributed by atoms with Crippen LogP contribution in [0.15, 0.2) is 72.8 Å². The van der Waals surface area contributed by atoms with Crippen LogP contribution < -0.4 is 10.1 Å². The van der Waals surface area contributed by atoms with Gasteiger partial charge in [-0.25, -0.2) is 4.79 Å². The SMILES string of the molecule is COC(=O)c1ccc([N+](=O)[O-])c(Nc2ccc(OCc3ccccc3)cc2)c1. The summed E-state index contributed by atoms with van der Waals surface area (Å²) in [5.41, 5.74) is 1.96. The van der Waals surface area contributed by atoms with E-state index >= 15 is 0 Å². The fourth-order valence-electron chi connectivity index (χ4n) is 2.57. The Morgan fingerprint density at radius 2 is 1.75 bits per heavy atom. The van der Waals surface area contributed by atoms with Crippen molar-refractivity contribution in [3.63, 3.8) is 0 Å². The Bertz CT molecular complexity index is 972. The van der Waals surface area contributed by atoms with Gasteiger partial charge in [0.05, 0.1) is 17.6 Å². The van der Waals surface area contributed by atoms with Crippen LogP contribution in [0, 0.1) is 10.1 Å². The Balaban J connectivity index is 1.74. The van der Waals surface area contributed by atoms with E-state index in [-0.39, 0.29) is 16.9 Å². The van der Waals surface area contributed by atoms with Gasteiger partial charge in [-0.05, 0) is 42.0 Å². The van der Waals surface area contributed by atoms with Crippen molar-refractivity contribution in [3.05, 3.63) is 94.0 Å². The third kappa shape index (κ3) is 4.64. The van der Waals surface area contributed by atoms with Crippen LogP contribution >= 0.6 is 0 Å². The largest absolute Gasteiger partial charge is 0.489 e. The molecule has 0 bridgehead atoms. The van der Waals surface area contributed by atoms with Gasteiger partial charge in [0, 0.05) is 11.8 Å². The molecular weight excluding hydrogens is 360 g/mol. The molecule has 0 aromatic heterocycles. The minimum absolute atomic E-state index is 0.142. The Labute approximate surface area is 161 Å². The van der Waals surface area contributed by atoms with Gasteiger partial charge in [-0.2, -0.15) is 0 Å². The predicted octanol–water partition coefficient (Wildman–Crippen LogP) is 4.70. The number of nitrogens with one attached hydrogen (secondary N) is 1. The van der Waals surface area contributed by atoms with Crippen LogP contribution in [-0.2, 0) is 11.3 Å². The van der Waals surface area contributed by atoms with Crippen molar-refractivity contribution in [1.82, 2.24) is 0 Å². The molecule has 3 aromatic carbocycles. The van der Waals surface area contributed by atoms with Crippen molar-refractivity contribution in [1.29, 1.82) is 0 Å². The molecule has 0 heterocycles. The Morgan fingerprint density at radius 1 is 1.04 bits per heavy atom. The monoisotopic (exact) mass is 378 g/mol. The van der Waals surface area contributed by atoms with E-state index in [1.54, 1.807) is 24.3 Å². The molecule has 7 heteroatoms. The average molecular weight is 378 g/mol. The molecule has 1 N–H and O–H groups in total. The van der Waals surface area contributed by atoms with E-state index in [2.05, 4.69) is 10.1 Å². The van der Waals surface area contributed by atoms with Gasteiger partial charge in [-0.3, -0.25) is 10.1 Å². The zero-order chi connectivity index (χ0) is 19.9. The van der Waals surface area contributed by atoms with E-state index in [1.807, 2.05) is 30.3 Å². The standard InChI is InChI=1S/C21H18N2O5/c1-27-21(24)16-7-12-20(23(25)26)19(13-16)22-17-8-10-18(11-9-17)28-14-15-5-3-2-4-6-15/h2-13,22H,14H2,1H3.